The van der Waals surface area contributed by atoms with Crippen LogP contribution in [-0.4, -0.2) is 41.9 Å². The molecule has 2 rings (SSSR count). The maximum absolute atomic E-state index is 12.4. The molecule has 1 fully saturated rings. The monoisotopic (exact) mass is 263 g/mol. The number of hydrogen-bond acceptors (Lipinski definition) is 4. The highest BCUT2D eigenvalue weighted by molar-refractivity contribution is 5.98. The van der Waals surface area contributed by atoms with Crippen molar-refractivity contribution >= 4 is 11.6 Å². The van der Waals surface area contributed by atoms with E-state index in [0.29, 0.717) is 13.1 Å². The van der Waals surface area contributed by atoms with Crippen LogP contribution >= 0.6 is 0 Å². The predicted octanol–water partition coefficient (Wildman–Crippen LogP) is 1.34. The van der Waals surface area contributed by atoms with E-state index in [1.165, 1.54) is 6.07 Å². The maximum atomic E-state index is 12.4. The molecule has 1 aliphatic rings. The number of carbonyl (C=O) groups excluding carboxylic acids is 1. The zero-order valence-corrected chi connectivity index (χ0v) is 10.9. The molecule has 102 valence electrons. The van der Waals surface area contributed by atoms with Crippen molar-refractivity contribution in [3.05, 3.63) is 39.4 Å². The number of benzene rings is 1. The van der Waals surface area contributed by atoms with E-state index < -0.39 is 4.92 Å². The minimum atomic E-state index is -0.497. The second-order valence-electron chi connectivity index (χ2n) is 4.67. The van der Waals surface area contributed by atoms with Crippen LogP contribution in [0.15, 0.2) is 18.2 Å². The second-order valence-corrected chi connectivity index (χ2v) is 4.67. The first-order valence-electron chi connectivity index (χ1n) is 6.34. The molecule has 1 aliphatic heterocycles. The molecule has 6 heteroatoms. The van der Waals surface area contributed by atoms with Gasteiger partial charge in [0.05, 0.1) is 4.92 Å². The summed E-state index contributed by atoms with van der Waals surface area (Å²) >= 11 is 0. The summed E-state index contributed by atoms with van der Waals surface area (Å²) in [4.78, 5) is 24.6. The number of carbonyl (C=O) groups is 1. The lowest BCUT2D eigenvalue weighted by Crippen LogP contribution is -2.34. The summed E-state index contributed by atoms with van der Waals surface area (Å²) in [6.07, 6.45) is 0.866. The zero-order chi connectivity index (χ0) is 13.8. The lowest BCUT2D eigenvalue weighted by molar-refractivity contribution is -0.385. The molecule has 0 aromatic heterocycles. The van der Waals surface area contributed by atoms with Gasteiger partial charge in [-0.3, -0.25) is 14.9 Å². The topological polar surface area (TPSA) is 75.5 Å². The van der Waals surface area contributed by atoms with Gasteiger partial charge in [-0.05, 0) is 31.5 Å². The van der Waals surface area contributed by atoms with Gasteiger partial charge in [0.25, 0.3) is 11.6 Å². The Labute approximate surface area is 111 Å². The van der Waals surface area contributed by atoms with Crippen molar-refractivity contribution in [1.82, 2.24) is 10.2 Å². The third-order valence-corrected chi connectivity index (χ3v) is 3.21. The highest BCUT2D eigenvalue weighted by atomic mass is 16.6. The van der Waals surface area contributed by atoms with Crippen molar-refractivity contribution < 1.29 is 9.72 Å². The standard InChI is InChI=1S/C13H17N3O3/c1-10-3-4-12(16(18)19)11(9-10)13(17)15-7-2-5-14-6-8-15/h3-4,9,14H,2,5-8H2,1H3. The quantitative estimate of drug-likeness (QED) is 0.645. The Morgan fingerprint density at radius 1 is 1.37 bits per heavy atom. The number of nitrogens with one attached hydrogen (secondary N) is 1. The molecule has 0 spiro atoms. The SMILES string of the molecule is Cc1ccc([N+](=O)[O-])c(C(=O)N2CCCNCC2)c1. The summed E-state index contributed by atoms with van der Waals surface area (Å²) < 4.78 is 0. The van der Waals surface area contributed by atoms with Crippen LogP contribution in [-0.2, 0) is 0 Å². The summed E-state index contributed by atoms with van der Waals surface area (Å²) in [7, 11) is 0. The number of rotatable bonds is 2. The third kappa shape index (κ3) is 3.08. The van der Waals surface area contributed by atoms with Crippen LogP contribution in [0.1, 0.15) is 22.3 Å². The Kier molecular flexibility index (Phi) is 4.11. The van der Waals surface area contributed by atoms with Gasteiger partial charge in [-0.1, -0.05) is 6.07 Å². The summed E-state index contributed by atoms with van der Waals surface area (Å²) in [5.74, 6) is -0.251. The Bertz CT molecular complexity index is 494. The van der Waals surface area contributed by atoms with E-state index in [0.717, 1.165) is 25.1 Å². The zero-order valence-electron chi connectivity index (χ0n) is 10.9. The van der Waals surface area contributed by atoms with E-state index in [2.05, 4.69) is 5.32 Å². The van der Waals surface area contributed by atoms with Crippen LogP contribution in [0, 0.1) is 17.0 Å². The first-order chi connectivity index (χ1) is 9.09. The van der Waals surface area contributed by atoms with E-state index in [9.17, 15) is 14.9 Å². The van der Waals surface area contributed by atoms with Gasteiger partial charge in [0, 0.05) is 25.7 Å². The van der Waals surface area contributed by atoms with Gasteiger partial charge in [0.15, 0.2) is 0 Å². The number of hydrogen-bond donors (Lipinski definition) is 1. The predicted molar refractivity (Wildman–Crippen MR) is 71.2 cm³/mol. The summed E-state index contributed by atoms with van der Waals surface area (Å²) in [6, 6.07) is 4.65. The molecule has 0 bridgehead atoms. The van der Waals surface area contributed by atoms with Gasteiger partial charge in [0.1, 0.15) is 5.56 Å². The first-order valence-corrected chi connectivity index (χ1v) is 6.34. The van der Waals surface area contributed by atoms with Gasteiger partial charge >= 0.3 is 0 Å². The Morgan fingerprint density at radius 2 is 2.16 bits per heavy atom. The van der Waals surface area contributed by atoms with Crippen LogP contribution in [0.2, 0.25) is 0 Å². The minimum absolute atomic E-state index is 0.118. The first kappa shape index (κ1) is 13.5. The molecular weight excluding hydrogens is 246 g/mol. The Morgan fingerprint density at radius 3 is 2.89 bits per heavy atom. The third-order valence-electron chi connectivity index (χ3n) is 3.21. The highest BCUT2D eigenvalue weighted by Gasteiger charge is 2.25. The molecule has 1 aromatic carbocycles. The molecule has 0 radical (unpaired) electrons. The number of nitrogens with zero attached hydrogens (tertiary/aromatic N) is 2. The molecule has 1 amide bonds. The fourth-order valence-corrected chi connectivity index (χ4v) is 2.20. The van der Waals surface area contributed by atoms with Crippen molar-refractivity contribution in [1.29, 1.82) is 0 Å². The van der Waals surface area contributed by atoms with E-state index in [-0.39, 0.29) is 17.2 Å². The smallest absolute Gasteiger partial charge is 0.282 e. The van der Waals surface area contributed by atoms with Crippen molar-refractivity contribution in [3.8, 4) is 0 Å². The van der Waals surface area contributed by atoms with E-state index >= 15 is 0 Å². The lowest BCUT2D eigenvalue weighted by atomic mass is 10.1. The van der Waals surface area contributed by atoms with Crippen LogP contribution in [0.5, 0.6) is 0 Å². The fraction of sp³-hybridized carbons (Fsp3) is 0.462. The Hall–Kier alpha value is -1.95. The van der Waals surface area contributed by atoms with Gasteiger partial charge in [-0.25, -0.2) is 0 Å². The normalized spacial score (nSPS) is 15.9. The molecular formula is C13H17N3O3. The van der Waals surface area contributed by atoms with Crippen molar-refractivity contribution in [2.24, 2.45) is 0 Å². The number of aryl methyl sites for hydroxylation is 1. The number of amides is 1. The van der Waals surface area contributed by atoms with E-state index in [1.807, 2.05) is 6.92 Å². The maximum Gasteiger partial charge on any atom is 0.282 e. The molecule has 6 nitrogen and oxygen atoms in total. The van der Waals surface area contributed by atoms with Crippen LogP contribution < -0.4 is 5.32 Å². The summed E-state index contributed by atoms with van der Waals surface area (Å²) in [5, 5.41) is 14.2. The van der Waals surface area contributed by atoms with Crippen LogP contribution in [0.25, 0.3) is 0 Å². The molecule has 19 heavy (non-hydrogen) atoms. The van der Waals surface area contributed by atoms with Gasteiger partial charge < -0.3 is 10.2 Å². The Balaban J connectivity index is 2.31. The lowest BCUT2D eigenvalue weighted by Gasteiger charge is -2.20. The van der Waals surface area contributed by atoms with Crippen molar-refractivity contribution in [2.75, 3.05) is 26.2 Å². The second kappa shape index (κ2) is 5.79. The van der Waals surface area contributed by atoms with Crippen molar-refractivity contribution in [2.45, 2.75) is 13.3 Å². The van der Waals surface area contributed by atoms with Crippen molar-refractivity contribution in [3.63, 3.8) is 0 Å². The average molecular weight is 263 g/mol. The van der Waals surface area contributed by atoms with Crippen LogP contribution in [0.3, 0.4) is 0 Å². The number of nitro groups is 1. The average Bonchev–Trinajstić information content (AvgIpc) is 2.66. The largest absolute Gasteiger partial charge is 0.337 e. The minimum Gasteiger partial charge on any atom is -0.337 e. The molecule has 1 N–H and O–H groups in total. The van der Waals surface area contributed by atoms with E-state index in [1.54, 1.807) is 17.0 Å². The van der Waals surface area contributed by atoms with E-state index in [4.69, 9.17) is 0 Å². The summed E-state index contributed by atoms with van der Waals surface area (Å²) in [6.45, 7) is 4.65. The molecule has 1 saturated heterocycles. The molecule has 0 unspecified atom stereocenters. The molecule has 1 heterocycles. The summed E-state index contributed by atoms with van der Waals surface area (Å²) in [5.41, 5.74) is 0.918. The van der Waals surface area contributed by atoms with Gasteiger partial charge in [-0.15, -0.1) is 0 Å². The molecule has 0 aliphatic carbocycles. The number of nitro benzene ring substituents is 1. The fourth-order valence-electron chi connectivity index (χ4n) is 2.20. The van der Waals surface area contributed by atoms with Gasteiger partial charge in [0.2, 0.25) is 0 Å². The highest BCUT2D eigenvalue weighted by Crippen LogP contribution is 2.21. The molecule has 1 aromatic rings. The molecule has 0 atom stereocenters. The van der Waals surface area contributed by atoms with Crippen LogP contribution in [0.4, 0.5) is 5.69 Å². The van der Waals surface area contributed by atoms with Gasteiger partial charge in [-0.2, -0.15) is 0 Å². The molecule has 0 saturated carbocycles.